The molecule has 0 atom stereocenters. The highest BCUT2D eigenvalue weighted by Gasteiger charge is 2.23. The first-order chi connectivity index (χ1) is 23.8. The zero-order chi connectivity index (χ0) is 31.6. The molecule has 2 nitrogen and oxygen atoms in total. The number of hydrogen-bond donors (Lipinski definition) is 0. The van der Waals surface area contributed by atoms with Gasteiger partial charge in [0.15, 0.2) is 0 Å². The minimum atomic E-state index is 1.15. The van der Waals surface area contributed by atoms with Crippen LogP contribution in [0.15, 0.2) is 182 Å². The lowest BCUT2D eigenvalue weighted by Crippen LogP contribution is -1.96. The van der Waals surface area contributed by atoms with Gasteiger partial charge in [0, 0.05) is 43.7 Å². The molecular formula is C46H30N2. The summed E-state index contributed by atoms with van der Waals surface area (Å²) in [6, 6.07) is 66.0. The fraction of sp³-hybridized carbons (Fsp3) is 0. The average molecular weight is 611 g/mol. The van der Waals surface area contributed by atoms with Crippen molar-refractivity contribution in [3.05, 3.63) is 182 Å². The normalized spacial score (nSPS) is 11.8. The first-order valence-electron chi connectivity index (χ1n) is 16.5. The molecule has 0 fully saturated rings. The third-order valence-electron chi connectivity index (χ3n) is 9.90. The lowest BCUT2D eigenvalue weighted by Gasteiger charge is -2.14. The van der Waals surface area contributed by atoms with E-state index in [-0.39, 0.29) is 0 Å². The second-order valence-electron chi connectivity index (χ2n) is 12.5. The Labute approximate surface area is 278 Å². The maximum Gasteiger partial charge on any atom is 0.0627 e. The van der Waals surface area contributed by atoms with Gasteiger partial charge in [-0.2, -0.15) is 0 Å². The molecule has 2 aromatic heterocycles. The number of hydrogen-bond acceptors (Lipinski definition) is 0. The SMILES string of the molecule is c1ccc(-c2ccc(-c3ccc(-n4c5ccccc5c5c6c7ccccc7n(-c7ccccc7)c6c6ccccc6c54)cc3)cc2)cc1. The van der Waals surface area contributed by atoms with Crippen molar-refractivity contribution < 1.29 is 0 Å². The molecule has 2 heteroatoms. The number of aromatic nitrogens is 2. The molecule has 0 saturated heterocycles. The second kappa shape index (κ2) is 10.6. The van der Waals surface area contributed by atoms with Crippen LogP contribution >= 0.6 is 0 Å². The molecule has 0 aliphatic heterocycles. The molecule has 0 N–H and O–H groups in total. The summed E-state index contributed by atoms with van der Waals surface area (Å²) in [6.45, 7) is 0. The summed E-state index contributed by atoms with van der Waals surface area (Å²) in [5, 5.41) is 7.62. The van der Waals surface area contributed by atoms with E-state index in [0.29, 0.717) is 0 Å². The van der Waals surface area contributed by atoms with Crippen LogP contribution in [-0.2, 0) is 0 Å². The van der Waals surface area contributed by atoms with Gasteiger partial charge in [-0.25, -0.2) is 0 Å². The average Bonchev–Trinajstić information content (AvgIpc) is 3.70. The Morgan fingerprint density at radius 2 is 0.583 bits per heavy atom. The summed E-state index contributed by atoms with van der Waals surface area (Å²) in [5.41, 5.74) is 12.1. The van der Waals surface area contributed by atoms with Gasteiger partial charge >= 0.3 is 0 Å². The fourth-order valence-electron chi connectivity index (χ4n) is 7.79. The summed E-state index contributed by atoms with van der Waals surface area (Å²) in [5.74, 6) is 0. The van der Waals surface area contributed by atoms with Crippen molar-refractivity contribution in [1.82, 2.24) is 9.13 Å². The van der Waals surface area contributed by atoms with E-state index in [2.05, 4.69) is 191 Å². The maximum absolute atomic E-state index is 2.48. The zero-order valence-corrected chi connectivity index (χ0v) is 26.2. The van der Waals surface area contributed by atoms with Gasteiger partial charge in [0.2, 0.25) is 0 Å². The van der Waals surface area contributed by atoms with Crippen molar-refractivity contribution in [2.75, 3.05) is 0 Å². The largest absolute Gasteiger partial charge is 0.309 e. The predicted molar refractivity (Wildman–Crippen MR) is 203 cm³/mol. The Bertz CT molecular complexity index is 2780. The number of para-hydroxylation sites is 3. The van der Waals surface area contributed by atoms with E-state index in [1.807, 2.05) is 0 Å². The lowest BCUT2D eigenvalue weighted by atomic mass is 9.99. The van der Waals surface area contributed by atoms with Crippen molar-refractivity contribution in [3.63, 3.8) is 0 Å². The van der Waals surface area contributed by atoms with E-state index in [0.717, 1.165) is 5.69 Å². The highest BCUT2D eigenvalue weighted by molar-refractivity contribution is 6.37. The van der Waals surface area contributed by atoms with Gasteiger partial charge in [-0.1, -0.05) is 146 Å². The monoisotopic (exact) mass is 610 g/mol. The summed E-state index contributed by atoms with van der Waals surface area (Å²) < 4.78 is 4.93. The van der Waals surface area contributed by atoms with Crippen molar-refractivity contribution in [2.24, 2.45) is 0 Å². The van der Waals surface area contributed by atoms with Gasteiger partial charge in [-0.05, 0) is 58.7 Å². The van der Waals surface area contributed by atoms with Crippen LogP contribution in [-0.4, -0.2) is 9.13 Å². The Morgan fingerprint density at radius 3 is 1.06 bits per heavy atom. The van der Waals surface area contributed by atoms with Gasteiger partial charge in [0.05, 0.1) is 22.1 Å². The molecule has 48 heavy (non-hydrogen) atoms. The Hall–Kier alpha value is -6.38. The van der Waals surface area contributed by atoms with Crippen LogP contribution in [0.1, 0.15) is 0 Å². The van der Waals surface area contributed by atoms with Crippen molar-refractivity contribution >= 4 is 54.4 Å². The fourth-order valence-corrected chi connectivity index (χ4v) is 7.79. The number of rotatable bonds is 4. The molecule has 0 amide bonds. The number of fused-ring (bicyclic) bond motifs is 10. The molecular weight excluding hydrogens is 581 g/mol. The third-order valence-corrected chi connectivity index (χ3v) is 9.90. The van der Waals surface area contributed by atoms with Crippen LogP contribution in [0.2, 0.25) is 0 Å². The molecule has 8 aromatic carbocycles. The lowest BCUT2D eigenvalue weighted by molar-refractivity contribution is 1.18. The van der Waals surface area contributed by atoms with Crippen LogP contribution in [0.25, 0.3) is 88.0 Å². The predicted octanol–water partition coefficient (Wildman–Crippen LogP) is 12.4. The van der Waals surface area contributed by atoms with Crippen molar-refractivity contribution in [2.45, 2.75) is 0 Å². The highest BCUT2D eigenvalue weighted by Crippen LogP contribution is 2.46. The number of benzene rings is 8. The van der Waals surface area contributed by atoms with E-state index in [4.69, 9.17) is 0 Å². The third kappa shape index (κ3) is 3.93. The first kappa shape index (κ1) is 26.8. The smallest absolute Gasteiger partial charge is 0.0627 e. The molecule has 0 aliphatic carbocycles. The van der Waals surface area contributed by atoms with Gasteiger partial charge in [0.1, 0.15) is 0 Å². The molecule has 0 spiro atoms. The minimum absolute atomic E-state index is 1.15. The van der Waals surface area contributed by atoms with Crippen LogP contribution in [0, 0.1) is 0 Å². The van der Waals surface area contributed by atoms with Gasteiger partial charge in [-0.15, -0.1) is 0 Å². The van der Waals surface area contributed by atoms with E-state index < -0.39 is 0 Å². The summed E-state index contributed by atoms with van der Waals surface area (Å²) >= 11 is 0. The summed E-state index contributed by atoms with van der Waals surface area (Å²) in [4.78, 5) is 0. The van der Waals surface area contributed by atoms with E-state index >= 15 is 0 Å². The molecule has 10 aromatic rings. The van der Waals surface area contributed by atoms with Crippen molar-refractivity contribution in [1.29, 1.82) is 0 Å². The van der Waals surface area contributed by atoms with Gasteiger partial charge < -0.3 is 9.13 Å². The quantitative estimate of drug-likeness (QED) is 0.188. The summed E-state index contributed by atoms with van der Waals surface area (Å²) in [6.07, 6.45) is 0. The molecule has 0 radical (unpaired) electrons. The second-order valence-corrected chi connectivity index (χ2v) is 12.5. The Balaban J connectivity index is 1.25. The number of nitrogens with zero attached hydrogens (tertiary/aromatic N) is 2. The first-order valence-corrected chi connectivity index (χ1v) is 16.5. The molecule has 0 saturated carbocycles. The van der Waals surface area contributed by atoms with Gasteiger partial charge in [-0.3, -0.25) is 0 Å². The molecule has 224 valence electrons. The summed E-state index contributed by atoms with van der Waals surface area (Å²) in [7, 11) is 0. The highest BCUT2D eigenvalue weighted by atomic mass is 15.0. The Kier molecular flexibility index (Phi) is 5.91. The minimum Gasteiger partial charge on any atom is -0.309 e. The van der Waals surface area contributed by atoms with Crippen LogP contribution in [0.3, 0.4) is 0 Å². The van der Waals surface area contributed by atoms with Crippen LogP contribution in [0.5, 0.6) is 0 Å². The van der Waals surface area contributed by atoms with E-state index in [1.165, 1.54) is 82.3 Å². The van der Waals surface area contributed by atoms with Crippen LogP contribution < -0.4 is 0 Å². The maximum atomic E-state index is 2.48. The molecule has 0 unspecified atom stereocenters. The molecule has 0 aliphatic rings. The molecule has 10 rings (SSSR count). The van der Waals surface area contributed by atoms with E-state index in [1.54, 1.807) is 0 Å². The van der Waals surface area contributed by atoms with E-state index in [9.17, 15) is 0 Å². The van der Waals surface area contributed by atoms with Crippen LogP contribution in [0.4, 0.5) is 0 Å². The topological polar surface area (TPSA) is 9.86 Å². The van der Waals surface area contributed by atoms with Crippen molar-refractivity contribution in [3.8, 4) is 33.6 Å². The molecule has 0 bridgehead atoms. The molecule has 2 heterocycles. The zero-order valence-electron chi connectivity index (χ0n) is 26.2. The Morgan fingerprint density at radius 1 is 0.250 bits per heavy atom. The van der Waals surface area contributed by atoms with Gasteiger partial charge in [0.25, 0.3) is 0 Å². The standard InChI is InChI=1S/C46H30N2/c1-3-13-31(14-4-1)32-23-25-33(26-24-32)34-27-29-36(30-28-34)48-42-22-12-10-20-40(42)44-43-39-19-9-11-21-41(39)47(35-15-5-2-6-16-35)45(43)37-17-7-8-18-38(37)46(44)48/h1-30H.